The summed E-state index contributed by atoms with van der Waals surface area (Å²) >= 11 is 4.46. The van der Waals surface area contributed by atoms with Crippen LogP contribution < -0.4 is 10.2 Å². The Morgan fingerprint density at radius 3 is 2.09 bits per heavy atom. The molecule has 0 aliphatic carbocycles. The van der Waals surface area contributed by atoms with E-state index in [4.69, 9.17) is 9.47 Å². The van der Waals surface area contributed by atoms with Crippen molar-refractivity contribution in [3.8, 4) is 0 Å². The molecule has 1 N–H and O–H groups in total. The third kappa shape index (κ3) is 10.0. The number of nitrogens with one attached hydrogen (secondary N) is 1. The van der Waals surface area contributed by atoms with Gasteiger partial charge >= 0.3 is 18.4 Å². The number of anilines is 1. The van der Waals surface area contributed by atoms with E-state index in [2.05, 4.69) is 26.2 Å². The fraction of sp³-hybridized carbons (Fsp3) is 0.522. The summed E-state index contributed by atoms with van der Waals surface area (Å²) in [6, 6.07) is 3.90. The summed E-state index contributed by atoms with van der Waals surface area (Å²) in [5.41, 5.74) is -1.80. The molecule has 0 aliphatic heterocycles. The van der Waals surface area contributed by atoms with Gasteiger partial charge in [-0.3, -0.25) is 4.90 Å². The summed E-state index contributed by atoms with van der Waals surface area (Å²) in [5.74, 6) is 0. The van der Waals surface area contributed by atoms with Crippen LogP contribution in [0.15, 0.2) is 34.2 Å². The molecule has 0 saturated heterocycles. The Kier molecular flexibility index (Phi) is 9.21. The van der Waals surface area contributed by atoms with Crippen LogP contribution in [-0.2, 0) is 22.1 Å². The summed E-state index contributed by atoms with van der Waals surface area (Å²) in [6.45, 7) is 10.2. The van der Waals surface area contributed by atoms with Crippen LogP contribution in [0.3, 0.4) is 0 Å². The summed E-state index contributed by atoms with van der Waals surface area (Å²) in [5, 5.41) is 4.75. The average Bonchev–Trinajstić information content (AvgIpc) is 3.08. The molecular weight excluding hydrogens is 551 g/mol. The standard InChI is InChI=1S/C23H29BrF3N3O4S/c1-21(2,3)33-19(31)28-16(11-14-7-9-15(10-8-14)23(25,26)27)12-30(18-29-17(24)13-35-18)20(32)34-22(4,5)6/h7-10,13,16H,11-12H2,1-6H3,(H,28,31). The molecule has 0 bridgehead atoms. The van der Waals surface area contributed by atoms with Crippen LogP contribution in [0, 0.1) is 0 Å². The molecule has 1 aromatic carbocycles. The zero-order valence-corrected chi connectivity index (χ0v) is 22.7. The Morgan fingerprint density at radius 2 is 1.63 bits per heavy atom. The van der Waals surface area contributed by atoms with Crippen molar-refractivity contribution in [2.75, 3.05) is 11.4 Å². The molecule has 35 heavy (non-hydrogen) atoms. The lowest BCUT2D eigenvalue weighted by Gasteiger charge is -2.30. The Hall–Kier alpha value is -2.34. The number of hydrogen-bond donors (Lipinski definition) is 1. The highest BCUT2D eigenvalue weighted by molar-refractivity contribution is 9.10. The van der Waals surface area contributed by atoms with Crippen LogP contribution in [0.1, 0.15) is 52.7 Å². The number of rotatable bonds is 6. The highest BCUT2D eigenvalue weighted by Gasteiger charge is 2.31. The van der Waals surface area contributed by atoms with E-state index in [1.165, 1.54) is 28.4 Å². The normalized spacial score (nSPS) is 13.2. The van der Waals surface area contributed by atoms with E-state index in [9.17, 15) is 22.8 Å². The number of alkyl halides is 3. The molecule has 194 valence electrons. The zero-order chi connectivity index (χ0) is 26.6. The average molecular weight is 580 g/mol. The van der Waals surface area contributed by atoms with Crippen molar-refractivity contribution in [2.45, 2.75) is 71.4 Å². The maximum Gasteiger partial charge on any atom is 0.416 e. The lowest BCUT2D eigenvalue weighted by atomic mass is 10.0. The van der Waals surface area contributed by atoms with Gasteiger partial charge in [-0.05, 0) is 81.6 Å². The number of hydrogen-bond acceptors (Lipinski definition) is 6. The van der Waals surface area contributed by atoms with Crippen LogP contribution >= 0.6 is 27.3 Å². The molecule has 2 aromatic rings. The molecule has 1 atom stereocenters. The second kappa shape index (κ2) is 11.2. The van der Waals surface area contributed by atoms with E-state index in [1.807, 2.05) is 0 Å². The maximum absolute atomic E-state index is 13.0. The molecule has 0 spiro atoms. The second-order valence-corrected chi connectivity index (χ2v) is 11.4. The Balaban J connectivity index is 2.34. The first-order valence-electron chi connectivity index (χ1n) is 10.7. The van der Waals surface area contributed by atoms with Gasteiger partial charge < -0.3 is 14.8 Å². The Bertz CT molecular complexity index is 1010. The third-order valence-electron chi connectivity index (χ3n) is 4.20. The summed E-state index contributed by atoms with van der Waals surface area (Å²) in [6.07, 6.45) is -5.73. The molecule has 1 unspecified atom stereocenters. The largest absolute Gasteiger partial charge is 0.444 e. The molecule has 0 aliphatic rings. The van der Waals surface area contributed by atoms with Gasteiger partial charge in [0.1, 0.15) is 15.8 Å². The number of carbonyl (C=O) groups is 2. The van der Waals surface area contributed by atoms with Crippen molar-refractivity contribution >= 4 is 44.6 Å². The van der Waals surface area contributed by atoms with Gasteiger partial charge in [0.05, 0.1) is 18.2 Å². The van der Waals surface area contributed by atoms with E-state index in [0.29, 0.717) is 15.3 Å². The number of aromatic nitrogens is 1. The Labute approximate surface area is 215 Å². The third-order valence-corrected chi connectivity index (χ3v) is 5.77. The lowest BCUT2D eigenvalue weighted by molar-refractivity contribution is -0.137. The first-order valence-corrected chi connectivity index (χ1v) is 12.4. The van der Waals surface area contributed by atoms with Crippen molar-refractivity contribution in [1.29, 1.82) is 0 Å². The number of alkyl carbamates (subject to hydrolysis) is 1. The van der Waals surface area contributed by atoms with Crippen LogP contribution in [-0.4, -0.2) is 41.0 Å². The van der Waals surface area contributed by atoms with Crippen molar-refractivity contribution in [1.82, 2.24) is 10.3 Å². The zero-order valence-electron chi connectivity index (χ0n) is 20.3. The lowest BCUT2D eigenvalue weighted by Crippen LogP contribution is -2.49. The first-order chi connectivity index (χ1) is 15.9. The van der Waals surface area contributed by atoms with Crippen molar-refractivity contribution in [3.63, 3.8) is 0 Å². The van der Waals surface area contributed by atoms with Gasteiger partial charge in [0.2, 0.25) is 0 Å². The molecule has 2 rings (SSSR count). The quantitative estimate of drug-likeness (QED) is 0.407. The Morgan fingerprint density at radius 1 is 1.06 bits per heavy atom. The van der Waals surface area contributed by atoms with Crippen LogP contribution in [0.4, 0.5) is 27.9 Å². The first kappa shape index (κ1) is 28.9. The van der Waals surface area contributed by atoms with E-state index >= 15 is 0 Å². The van der Waals surface area contributed by atoms with Gasteiger partial charge in [-0.25, -0.2) is 14.6 Å². The summed E-state index contributed by atoms with van der Waals surface area (Å²) in [4.78, 5) is 31.1. The summed E-state index contributed by atoms with van der Waals surface area (Å²) < 4.78 is 50.3. The van der Waals surface area contributed by atoms with Crippen molar-refractivity contribution < 1.29 is 32.2 Å². The van der Waals surface area contributed by atoms with Crippen LogP contribution in [0.5, 0.6) is 0 Å². The molecule has 1 aromatic heterocycles. The molecule has 2 amide bonds. The number of halogens is 4. The minimum Gasteiger partial charge on any atom is -0.444 e. The van der Waals surface area contributed by atoms with E-state index in [-0.39, 0.29) is 13.0 Å². The minimum atomic E-state index is -4.46. The minimum absolute atomic E-state index is 0.0604. The van der Waals surface area contributed by atoms with Crippen LogP contribution in [0.2, 0.25) is 0 Å². The molecule has 0 saturated carbocycles. The molecule has 12 heteroatoms. The van der Waals surface area contributed by atoms with E-state index < -0.39 is 41.2 Å². The fourth-order valence-electron chi connectivity index (χ4n) is 2.89. The molecule has 7 nitrogen and oxygen atoms in total. The fourth-order valence-corrected chi connectivity index (χ4v) is 4.14. The van der Waals surface area contributed by atoms with Gasteiger partial charge in [0, 0.05) is 5.38 Å². The second-order valence-electron chi connectivity index (χ2n) is 9.79. The SMILES string of the molecule is CC(C)(C)OC(=O)NC(Cc1ccc(C(F)(F)F)cc1)CN(C(=O)OC(C)(C)C)c1nc(Br)cs1. The number of amides is 2. The summed E-state index contributed by atoms with van der Waals surface area (Å²) in [7, 11) is 0. The van der Waals surface area contributed by atoms with Crippen LogP contribution in [0.25, 0.3) is 0 Å². The number of nitrogens with zero attached hydrogens (tertiary/aromatic N) is 2. The highest BCUT2D eigenvalue weighted by atomic mass is 79.9. The smallest absolute Gasteiger partial charge is 0.416 e. The van der Waals surface area contributed by atoms with Crippen molar-refractivity contribution in [2.24, 2.45) is 0 Å². The number of benzene rings is 1. The predicted molar refractivity (Wildman–Crippen MR) is 132 cm³/mol. The van der Waals surface area contributed by atoms with Gasteiger partial charge in [-0.15, -0.1) is 11.3 Å². The predicted octanol–water partition coefficient (Wildman–Crippen LogP) is 6.80. The maximum atomic E-state index is 13.0. The highest BCUT2D eigenvalue weighted by Crippen LogP contribution is 2.30. The van der Waals surface area contributed by atoms with Gasteiger partial charge in [-0.1, -0.05) is 12.1 Å². The number of thiazole rings is 1. The van der Waals surface area contributed by atoms with E-state index in [0.717, 1.165) is 12.1 Å². The number of carbonyl (C=O) groups excluding carboxylic acids is 2. The van der Waals surface area contributed by atoms with E-state index in [1.54, 1.807) is 46.9 Å². The molecule has 0 radical (unpaired) electrons. The van der Waals surface area contributed by atoms with Gasteiger partial charge in [-0.2, -0.15) is 13.2 Å². The molecular formula is C23H29BrF3N3O4S. The monoisotopic (exact) mass is 579 g/mol. The van der Waals surface area contributed by atoms with Gasteiger partial charge in [0.15, 0.2) is 5.13 Å². The van der Waals surface area contributed by atoms with Gasteiger partial charge in [0.25, 0.3) is 0 Å². The molecule has 1 heterocycles. The van der Waals surface area contributed by atoms with Crippen molar-refractivity contribution in [3.05, 3.63) is 45.4 Å². The topological polar surface area (TPSA) is 80.8 Å². The molecule has 0 fully saturated rings. The number of ether oxygens (including phenoxy) is 2.